The van der Waals surface area contributed by atoms with E-state index in [4.69, 9.17) is 0 Å². The van der Waals surface area contributed by atoms with Crippen LogP contribution in [-0.4, -0.2) is 23.7 Å². The van der Waals surface area contributed by atoms with Crippen molar-refractivity contribution in [2.24, 2.45) is 0 Å². The number of aliphatic carboxylic acids is 3. The number of carbonyl (C=O) groups excluding carboxylic acids is 4. The Morgan fingerprint density at radius 1 is 0.929 bits per heavy atom. The second kappa shape index (κ2) is 4.75. The molecule has 0 saturated carbocycles. The van der Waals surface area contributed by atoms with Crippen LogP contribution in [0.25, 0.3) is 0 Å². The summed E-state index contributed by atoms with van der Waals surface area (Å²) in [6, 6.07) is 0. The number of carbonyl (C=O) groups is 4. The van der Waals surface area contributed by atoms with Crippen LogP contribution in [0.1, 0.15) is 6.42 Å². The first-order valence-electron chi connectivity index (χ1n) is 3.21. The molecular weight excluding hydrogens is 196 g/mol. The van der Waals surface area contributed by atoms with Gasteiger partial charge >= 0.3 is 0 Å². The first kappa shape index (κ1) is 11.8. The molecule has 0 heterocycles. The van der Waals surface area contributed by atoms with Gasteiger partial charge in [0.05, 0.1) is 11.9 Å². The van der Waals surface area contributed by atoms with E-state index in [0.717, 1.165) is 0 Å². The Morgan fingerprint density at radius 2 is 1.43 bits per heavy atom. The smallest absolute Gasteiger partial charge is 0.182 e. The second-order valence-corrected chi connectivity index (χ2v) is 2.16. The van der Waals surface area contributed by atoms with Crippen LogP contribution in [0.3, 0.4) is 0 Å². The Kier molecular flexibility index (Phi) is 4.01. The summed E-state index contributed by atoms with van der Waals surface area (Å²) >= 11 is 0. The van der Waals surface area contributed by atoms with Crippen molar-refractivity contribution in [3.8, 4) is 0 Å². The van der Waals surface area contributed by atoms with Gasteiger partial charge in [0.1, 0.15) is 5.97 Å². The third-order valence-corrected chi connectivity index (χ3v) is 1.13. The van der Waals surface area contributed by atoms with E-state index >= 15 is 0 Å². The maximum atomic E-state index is 10.4. The Labute approximate surface area is 77.3 Å². The number of carboxylic acids is 3. The van der Waals surface area contributed by atoms with Crippen molar-refractivity contribution in [1.29, 1.82) is 0 Å². The van der Waals surface area contributed by atoms with E-state index in [0.29, 0.717) is 0 Å². The lowest BCUT2D eigenvalue weighted by Gasteiger charge is -2.08. The van der Waals surface area contributed by atoms with Gasteiger partial charge in [0.25, 0.3) is 0 Å². The fourth-order valence-corrected chi connectivity index (χ4v) is 0.570. The first-order valence-corrected chi connectivity index (χ1v) is 3.21. The molecule has 0 bridgehead atoms. The summed E-state index contributed by atoms with van der Waals surface area (Å²) in [5, 5.41) is 29.9. The van der Waals surface area contributed by atoms with Crippen LogP contribution in [0.15, 0.2) is 11.6 Å². The molecule has 0 aromatic rings. The Hall–Kier alpha value is -2.18. The molecule has 7 heteroatoms. The number of Topliss-reactive ketones (excluding diaryl/α,β-unsaturated/α-hetero) is 1. The van der Waals surface area contributed by atoms with Crippen LogP contribution < -0.4 is 15.3 Å². The van der Waals surface area contributed by atoms with Gasteiger partial charge in [0, 0.05) is 6.42 Å². The maximum absolute atomic E-state index is 10.4. The Morgan fingerprint density at radius 3 is 1.71 bits per heavy atom. The molecule has 0 unspecified atom stereocenters. The molecule has 7 nitrogen and oxygen atoms in total. The van der Waals surface area contributed by atoms with Gasteiger partial charge in [-0.25, -0.2) is 0 Å². The minimum atomic E-state index is -2.10. The highest BCUT2D eigenvalue weighted by molar-refractivity contribution is 6.33. The van der Waals surface area contributed by atoms with E-state index in [9.17, 15) is 34.5 Å². The normalized spacial score (nSPS) is 10.7. The summed E-state index contributed by atoms with van der Waals surface area (Å²) in [6.45, 7) is 0. The number of hydrogen-bond donors (Lipinski definition) is 0. The van der Waals surface area contributed by atoms with Crippen LogP contribution in [0.4, 0.5) is 0 Å². The summed E-state index contributed by atoms with van der Waals surface area (Å²) < 4.78 is 0. The molecule has 0 aromatic heterocycles. The zero-order chi connectivity index (χ0) is 11.3. The summed E-state index contributed by atoms with van der Waals surface area (Å²) in [4.78, 5) is 40.4. The van der Waals surface area contributed by atoms with Crippen LogP contribution >= 0.6 is 0 Å². The predicted octanol–water partition coefficient (Wildman–Crippen LogP) is -4.88. The number of carboxylic acid groups (broad SMARTS) is 3. The Balaban J connectivity index is 4.72. The van der Waals surface area contributed by atoms with Gasteiger partial charge < -0.3 is 29.7 Å². The molecule has 0 aliphatic rings. The third kappa shape index (κ3) is 4.00. The second-order valence-electron chi connectivity index (χ2n) is 2.16. The van der Waals surface area contributed by atoms with Gasteiger partial charge in [0.2, 0.25) is 0 Å². The molecule has 76 valence electrons. The van der Waals surface area contributed by atoms with E-state index in [1.54, 1.807) is 0 Å². The largest absolute Gasteiger partial charge is 0.545 e. The van der Waals surface area contributed by atoms with Crippen molar-refractivity contribution in [1.82, 2.24) is 0 Å². The molecule has 0 atom stereocenters. The maximum Gasteiger partial charge on any atom is 0.182 e. The molecule has 0 rings (SSSR count). The van der Waals surface area contributed by atoms with E-state index < -0.39 is 35.7 Å². The van der Waals surface area contributed by atoms with Gasteiger partial charge in [-0.05, 0) is 11.6 Å². The van der Waals surface area contributed by atoms with Crippen molar-refractivity contribution in [2.75, 3.05) is 0 Å². The highest BCUT2D eigenvalue weighted by Crippen LogP contribution is 2.00. The quantitative estimate of drug-likeness (QED) is 0.319. The van der Waals surface area contributed by atoms with Gasteiger partial charge in [-0.1, -0.05) is 0 Å². The zero-order valence-corrected chi connectivity index (χ0v) is 6.64. The molecule has 0 aromatic carbocycles. The lowest BCUT2D eigenvalue weighted by Crippen LogP contribution is -2.35. The average Bonchev–Trinajstić information content (AvgIpc) is 2.01. The molecule has 14 heavy (non-hydrogen) atoms. The minimum Gasteiger partial charge on any atom is -0.545 e. The molecule has 0 aliphatic carbocycles. The molecule has 0 radical (unpaired) electrons. The third-order valence-electron chi connectivity index (χ3n) is 1.13. The van der Waals surface area contributed by atoms with Crippen LogP contribution in [-0.2, 0) is 19.2 Å². The van der Waals surface area contributed by atoms with E-state index in [-0.39, 0.29) is 6.08 Å². The van der Waals surface area contributed by atoms with Crippen LogP contribution in [0, 0.1) is 0 Å². The lowest BCUT2D eigenvalue weighted by molar-refractivity contribution is -0.303. The molecule has 0 saturated heterocycles. The number of rotatable bonds is 5. The molecular formula is C7H3O7-3. The highest BCUT2D eigenvalue weighted by atomic mass is 16.4. The van der Waals surface area contributed by atoms with Crippen LogP contribution in [0.5, 0.6) is 0 Å². The number of hydrogen-bond acceptors (Lipinski definition) is 7. The van der Waals surface area contributed by atoms with Crippen molar-refractivity contribution in [2.45, 2.75) is 6.42 Å². The highest BCUT2D eigenvalue weighted by Gasteiger charge is 2.07. The summed E-state index contributed by atoms with van der Waals surface area (Å²) in [5.41, 5.74) is -0.987. The van der Waals surface area contributed by atoms with E-state index in [1.165, 1.54) is 0 Å². The minimum absolute atomic E-state index is 0.0795. The van der Waals surface area contributed by atoms with Gasteiger partial charge in [0.15, 0.2) is 5.78 Å². The van der Waals surface area contributed by atoms with Crippen molar-refractivity contribution in [3.05, 3.63) is 11.6 Å². The fraction of sp³-hybridized carbons (Fsp3) is 0.143. The molecule has 0 N–H and O–H groups in total. The SMILES string of the molecule is O=C([O-])/C=C(\CC(=O)C(=O)[O-])C(=O)[O-]. The lowest BCUT2D eigenvalue weighted by atomic mass is 10.1. The molecule has 0 aliphatic heterocycles. The summed E-state index contributed by atoms with van der Waals surface area (Å²) in [5.74, 6) is -7.48. The average molecular weight is 199 g/mol. The van der Waals surface area contributed by atoms with Gasteiger partial charge in [-0.15, -0.1) is 0 Å². The molecule has 0 amide bonds. The van der Waals surface area contributed by atoms with Crippen molar-refractivity contribution >= 4 is 23.7 Å². The fourth-order valence-electron chi connectivity index (χ4n) is 0.570. The summed E-state index contributed by atoms with van der Waals surface area (Å²) in [6.07, 6.45) is -1.03. The van der Waals surface area contributed by atoms with Gasteiger partial charge in [-0.2, -0.15) is 0 Å². The summed E-state index contributed by atoms with van der Waals surface area (Å²) in [7, 11) is 0. The van der Waals surface area contributed by atoms with Gasteiger partial charge in [-0.3, -0.25) is 4.79 Å². The topological polar surface area (TPSA) is 137 Å². The predicted molar refractivity (Wildman–Crippen MR) is 32.7 cm³/mol. The first-order chi connectivity index (χ1) is 6.34. The number of ketones is 1. The van der Waals surface area contributed by atoms with Crippen molar-refractivity contribution in [3.63, 3.8) is 0 Å². The monoisotopic (exact) mass is 199 g/mol. The standard InChI is InChI=1S/C7H6O7/c8-4(7(13)14)1-3(6(11)12)2-5(9)10/h2H,1H2,(H,9,10)(H,11,12)(H,13,14)/p-3/b3-2+. The zero-order valence-electron chi connectivity index (χ0n) is 6.64. The molecule has 0 fully saturated rings. The van der Waals surface area contributed by atoms with Crippen LogP contribution in [0.2, 0.25) is 0 Å². The molecule has 0 spiro atoms. The van der Waals surface area contributed by atoms with Crippen molar-refractivity contribution < 1.29 is 34.5 Å². The Bertz CT molecular complexity index is 325. The van der Waals surface area contributed by atoms with E-state index in [1.807, 2.05) is 0 Å². The van der Waals surface area contributed by atoms with E-state index in [2.05, 4.69) is 0 Å².